The summed E-state index contributed by atoms with van der Waals surface area (Å²) in [5.74, 6) is -0.195. The fraction of sp³-hybridized carbons (Fsp3) is 0.120. The molecule has 1 aromatic carbocycles. The highest BCUT2D eigenvalue weighted by molar-refractivity contribution is 6.15. The molecule has 0 unspecified atom stereocenters. The largest absolute Gasteiger partial charge is 0.450 e. The number of allylic oxidation sites excluding steroid dienone is 4. The predicted octanol–water partition coefficient (Wildman–Crippen LogP) is 4.09. The third-order valence-corrected chi connectivity index (χ3v) is 4.94. The standard InChI is InChI=1S/C25H22F2N6O2/c1-4-6-18(31-22(34)5-2)11-15(3)30-25-29-14-16-12-21(24-28-9-10-33(24)23(16)32-25)35-20-8-7-17(26)13-19(20)27/h4-8,11-14H,1-2,9-10H2,3H3,(H,31,34)(H,29,30,32)/b15-11+,18-6+. The monoisotopic (exact) mass is 476 g/mol. The summed E-state index contributed by atoms with van der Waals surface area (Å²) in [7, 11) is 0. The van der Waals surface area contributed by atoms with Crippen molar-refractivity contribution >= 4 is 29.6 Å². The first-order chi connectivity index (χ1) is 16.9. The Balaban J connectivity index is 1.59. The van der Waals surface area contributed by atoms with Gasteiger partial charge in [0.2, 0.25) is 11.9 Å². The highest BCUT2D eigenvalue weighted by Gasteiger charge is 2.31. The second-order valence-corrected chi connectivity index (χ2v) is 7.52. The van der Waals surface area contributed by atoms with Gasteiger partial charge < -0.3 is 20.3 Å². The Labute approximate surface area is 200 Å². The number of ether oxygens (including phenoxy) is 1. The molecule has 4 rings (SSSR count). The average molecular weight is 476 g/mol. The van der Waals surface area contributed by atoms with E-state index in [2.05, 4.69) is 38.8 Å². The first kappa shape index (κ1) is 23.6. The molecule has 8 nitrogen and oxygen atoms in total. The van der Waals surface area contributed by atoms with Gasteiger partial charge in [0, 0.05) is 35.8 Å². The summed E-state index contributed by atoms with van der Waals surface area (Å²) in [4.78, 5) is 26.9. The van der Waals surface area contributed by atoms with Crippen LogP contribution >= 0.6 is 0 Å². The van der Waals surface area contributed by atoms with Crippen molar-refractivity contribution in [1.29, 1.82) is 0 Å². The van der Waals surface area contributed by atoms with Crippen LogP contribution in [0.3, 0.4) is 0 Å². The summed E-state index contributed by atoms with van der Waals surface area (Å²) < 4.78 is 33.1. The minimum atomic E-state index is -0.811. The van der Waals surface area contributed by atoms with E-state index in [1.807, 2.05) is 4.90 Å². The van der Waals surface area contributed by atoms with Crippen molar-refractivity contribution in [2.75, 3.05) is 23.3 Å². The molecule has 0 saturated carbocycles. The van der Waals surface area contributed by atoms with Crippen LogP contribution < -0.4 is 20.3 Å². The van der Waals surface area contributed by atoms with E-state index in [0.717, 1.165) is 12.1 Å². The lowest BCUT2D eigenvalue weighted by atomic mass is 10.1. The van der Waals surface area contributed by atoms with Crippen LogP contribution in [0.4, 0.5) is 20.5 Å². The Morgan fingerprint density at radius 3 is 2.86 bits per heavy atom. The second-order valence-electron chi connectivity index (χ2n) is 7.52. The van der Waals surface area contributed by atoms with E-state index in [4.69, 9.17) is 4.74 Å². The summed E-state index contributed by atoms with van der Waals surface area (Å²) in [5.41, 5.74) is 1.83. The van der Waals surface area contributed by atoms with E-state index in [1.54, 1.807) is 37.4 Å². The number of hydrogen-bond acceptors (Lipinski definition) is 7. The zero-order chi connectivity index (χ0) is 24.9. The van der Waals surface area contributed by atoms with E-state index in [0.29, 0.717) is 53.4 Å². The summed E-state index contributed by atoms with van der Waals surface area (Å²) in [6.45, 7) is 9.95. The van der Waals surface area contributed by atoms with Gasteiger partial charge in [-0.1, -0.05) is 19.2 Å². The van der Waals surface area contributed by atoms with Gasteiger partial charge in [-0.3, -0.25) is 9.79 Å². The lowest BCUT2D eigenvalue weighted by Gasteiger charge is -2.27. The van der Waals surface area contributed by atoms with Crippen LogP contribution in [0.2, 0.25) is 0 Å². The number of aliphatic imine (C=N–C) groups is 1. The number of nitrogens with one attached hydrogen (secondary N) is 2. The molecule has 0 aliphatic carbocycles. The van der Waals surface area contributed by atoms with Gasteiger partial charge in [0.25, 0.3) is 0 Å². The molecule has 0 saturated heterocycles. The van der Waals surface area contributed by atoms with Crippen LogP contribution in [0.5, 0.6) is 5.75 Å². The number of amidine groups is 1. The first-order valence-electron chi connectivity index (χ1n) is 10.6. The maximum Gasteiger partial charge on any atom is 0.247 e. The normalized spacial score (nSPS) is 14.9. The highest BCUT2D eigenvalue weighted by Crippen LogP contribution is 2.33. The van der Waals surface area contributed by atoms with Crippen molar-refractivity contribution in [3.63, 3.8) is 0 Å². The second kappa shape index (κ2) is 10.1. The SMILES string of the molecule is C=C/C=C(\C=C(/C)Nc1ncc2c(n1)N1CCN=C1C(Oc1ccc(F)cc1F)=C2)NC(=O)C=C. The van der Waals surface area contributed by atoms with Crippen LogP contribution in [0, 0.1) is 11.6 Å². The van der Waals surface area contributed by atoms with Gasteiger partial charge in [0.15, 0.2) is 23.2 Å². The molecule has 2 aliphatic rings. The Morgan fingerprint density at radius 2 is 2.11 bits per heavy atom. The van der Waals surface area contributed by atoms with E-state index in [1.165, 1.54) is 12.1 Å². The maximum absolute atomic E-state index is 14.1. The Morgan fingerprint density at radius 1 is 1.29 bits per heavy atom. The topological polar surface area (TPSA) is 91.7 Å². The van der Waals surface area contributed by atoms with Crippen molar-refractivity contribution in [3.05, 3.63) is 96.2 Å². The molecule has 1 amide bonds. The molecule has 0 bridgehead atoms. The molecule has 2 N–H and O–H groups in total. The molecule has 2 aliphatic heterocycles. The number of carbonyl (C=O) groups excluding carboxylic acids is 1. The maximum atomic E-state index is 14.1. The first-order valence-corrected chi connectivity index (χ1v) is 10.6. The van der Waals surface area contributed by atoms with Crippen molar-refractivity contribution in [3.8, 4) is 5.75 Å². The molecule has 35 heavy (non-hydrogen) atoms. The fourth-order valence-corrected chi connectivity index (χ4v) is 3.47. The number of amides is 1. The number of benzene rings is 1. The number of fused-ring (bicyclic) bond motifs is 3. The minimum Gasteiger partial charge on any atom is -0.450 e. The number of anilines is 2. The van der Waals surface area contributed by atoms with Crippen LogP contribution in [-0.2, 0) is 4.79 Å². The molecule has 10 heteroatoms. The van der Waals surface area contributed by atoms with Crippen LogP contribution in [0.15, 0.2) is 84.0 Å². The lowest BCUT2D eigenvalue weighted by Crippen LogP contribution is -2.34. The molecule has 0 spiro atoms. The Hall–Kier alpha value is -4.60. The molecule has 0 fully saturated rings. The quantitative estimate of drug-likeness (QED) is 0.441. The molecule has 0 atom stereocenters. The van der Waals surface area contributed by atoms with Gasteiger partial charge in [-0.25, -0.2) is 13.8 Å². The number of nitrogens with zero attached hydrogens (tertiary/aromatic N) is 4. The average Bonchev–Trinajstić information content (AvgIpc) is 3.32. The summed E-state index contributed by atoms with van der Waals surface area (Å²) >= 11 is 0. The van der Waals surface area contributed by atoms with E-state index in [9.17, 15) is 13.6 Å². The van der Waals surface area contributed by atoms with E-state index < -0.39 is 11.6 Å². The van der Waals surface area contributed by atoms with Crippen molar-refractivity contribution in [2.45, 2.75) is 6.92 Å². The Kier molecular flexibility index (Phi) is 6.81. The Bertz CT molecular complexity index is 1330. The predicted molar refractivity (Wildman–Crippen MR) is 131 cm³/mol. The summed E-state index contributed by atoms with van der Waals surface area (Å²) in [5, 5.41) is 5.78. The zero-order valence-corrected chi connectivity index (χ0v) is 18.9. The molecule has 3 heterocycles. The van der Waals surface area contributed by atoms with Crippen LogP contribution in [0.25, 0.3) is 6.08 Å². The van der Waals surface area contributed by atoms with Gasteiger partial charge >= 0.3 is 0 Å². The molecule has 1 aromatic heterocycles. The molecule has 0 radical (unpaired) electrons. The van der Waals surface area contributed by atoms with E-state index >= 15 is 0 Å². The third kappa shape index (κ3) is 5.32. The highest BCUT2D eigenvalue weighted by atomic mass is 19.1. The van der Waals surface area contributed by atoms with Gasteiger partial charge in [-0.15, -0.1) is 0 Å². The summed E-state index contributed by atoms with van der Waals surface area (Å²) in [6.07, 6.45) is 9.35. The van der Waals surface area contributed by atoms with Crippen molar-refractivity contribution in [2.24, 2.45) is 4.99 Å². The molecular weight excluding hydrogens is 454 g/mol. The molecule has 178 valence electrons. The number of hydrogen-bond donors (Lipinski definition) is 2. The number of halogens is 2. The molecule has 2 aromatic rings. The lowest BCUT2D eigenvalue weighted by molar-refractivity contribution is -0.115. The van der Waals surface area contributed by atoms with Crippen molar-refractivity contribution in [1.82, 2.24) is 15.3 Å². The smallest absolute Gasteiger partial charge is 0.247 e. The number of carbonyl (C=O) groups is 1. The van der Waals surface area contributed by atoms with E-state index in [-0.39, 0.29) is 11.7 Å². The van der Waals surface area contributed by atoms with Gasteiger partial charge in [0.05, 0.1) is 6.54 Å². The van der Waals surface area contributed by atoms with Gasteiger partial charge in [-0.05, 0) is 43.4 Å². The fourth-order valence-electron chi connectivity index (χ4n) is 3.47. The minimum absolute atomic E-state index is 0.109. The third-order valence-electron chi connectivity index (χ3n) is 4.94. The van der Waals surface area contributed by atoms with Gasteiger partial charge in [-0.2, -0.15) is 4.98 Å². The zero-order valence-electron chi connectivity index (χ0n) is 18.9. The molecular formula is C25H22F2N6O2. The summed E-state index contributed by atoms with van der Waals surface area (Å²) in [6, 6.07) is 3.11. The number of aromatic nitrogens is 2. The van der Waals surface area contributed by atoms with Crippen molar-refractivity contribution < 1.29 is 18.3 Å². The number of rotatable bonds is 8. The van der Waals surface area contributed by atoms with Crippen LogP contribution in [0.1, 0.15) is 12.5 Å². The van der Waals surface area contributed by atoms with Crippen LogP contribution in [-0.4, -0.2) is 34.8 Å². The van der Waals surface area contributed by atoms with Gasteiger partial charge in [0.1, 0.15) is 11.6 Å².